The van der Waals surface area contributed by atoms with Crippen molar-refractivity contribution in [3.8, 4) is 0 Å². The van der Waals surface area contributed by atoms with Gasteiger partial charge in [0.25, 0.3) is 0 Å². The molecule has 1 fully saturated rings. The monoisotopic (exact) mass is 209 g/mol. The van der Waals surface area contributed by atoms with Gasteiger partial charge in [-0.25, -0.2) is 5.43 Å². The number of carbonyl (C=O) groups is 1. The van der Waals surface area contributed by atoms with Crippen LogP contribution in [0.1, 0.15) is 32.1 Å². The predicted octanol–water partition coefficient (Wildman–Crippen LogP) is 0.840. The number of carbonyl (C=O) groups excluding carboxylic acids is 1. The molecule has 0 bridgehead atoms. The molecule has 1 amide bonds. The lowest BCUT2D eigenvalue weighted by molar-refractivity contribution is -0.116. The predicted molar refractivity (Wildman–Crippen MR) is 55.8 cm³/mol. The third-order valence-corrected chi connectivity index (χ3v) is 2.64. The van der Waals surface area contributed by atoms with E-state index in [4.69, 9.17) is 4.74 Å². The fourth-order valence-electron chi connectivity index (χ4n) is 1.87. The summed E-state index contributed by atoms with van der Waals surface area (Å²) >= 11 is 0. The third-order valence-electron chi connectivity index (χ3n) is 2.64. The van der Waals surface area contributed by atoms with Gasteiger partial charge in [0.2, 0.25) is 5.88 Å². The first kappa shape index (κ1) is 10.0. The molecule has 2 N–H and O–H groups in total. The average Bonchev–Trinajstić information content (AvgIpc) is 2.66. The molecular weight excluding hydrogens is 194 g/mol. The van der Waals surface area contributed by atoms with E-state index in [2.05, 4.69) is 22.4 Å². The fraction of sp³-hybridized carbons (Fsp3) is 0.600. The van der Waals surface area contributed by atoms with Crippen molar-refractivity contribution in [3.05, 3.63) is 12.5 Å². The summed E-state index contributed by atoms with van der Waals surface area (Å²) < 4.78 is 5.00. The van der Waals surface area contributed by atoms with E-state index in [1.807, 2.05) is 0 Å². The molecule has 1 heterocycles. The number of nitrogens with one attached hydrogen (secondary N) is 2. The molecule has 0 radical (unpaired) electrons. The third kappa shape index (κ3) is 2.49. The Balaban J connectivity index is 1.83. The van der Waals surface area contributed by atoms with Gasteiger partial charge in [0.1, 0.15) is 0 Å². The minimum Gasteiger partial charge on any atom is -0.416 e. The molecule has 0 aromatic carbocycles. The van der Waals surface area contributed by atoms with Crippen LogP contribution in [-0.4, -0.2) is 17.8 Å². The highest BCUT2D eigenvalue weighted by Crippen LogP contribution is 2.17. The van der Waals surface area contributed by atoms with Crippen molar-refractivity contribution in [1.29, 1.82) is 0 Å². The molecule has 0 aromatic heterocycles. The molecule has 1 saturated carbocycles. The second kappa shape index (κ2) is 4.33. The Morgan fingerprint density at radius 1 is 1.47 bits per heavy atom. The number of hydrazone groups is 1. The standard InChI is InChI=1S/C10H15N3O2/c1-7-12-13-10(15-7)9(14)11-8-5-3-2-4-6-8/h8,12H,1-6H2,(H,11,14). The molecule has 5 nitrogen and oxygen atoms in total. The largest absolute Gasteiger partial charge is 0.416 e. The highest BCUT2D eigenvalue weighted by atomic mass is 16.5. The van der Waals surface area contributed by atoms with Crippen LogP contribution in [0.5, 0.6) is 0 Å². The van der Waals surface area contributed by atoms with Crippen LogP contribution in [0, 0.1) is 0 Å². The van der Waals surface area contributed by atoms with E-state index in [-0.39, 0.29) is 17.8 Å². The van der Waals surface area contributed by atoms with Gasteiger partial charge in [0.05, 0.1) is 0 Å². The normalized spacial score (nSPS) is 21.6. The van der Waals surface area contributed by atoms with Gasteiger partial charge in [-0.3, -0.25) is 4.79 Å². The SMILES string of the molecule is C=C1NN=C(C(=O)NC2CCCCC2)O1. The van der Waals surface area contributed by atoms with Gasteiger partial charge in [0.15, 0.2) is 0 Å². The summed E-state index contributed by atoms with van der Waals surface area (Å²) in [6.45, 7) is 3.51. The summed E-state index contributed by atoms with van der Waals surface area (Å²) in [5.41, 5.74) is 2.50. The van der Waals surface area contributed by atoms with Crippen molar-refractivity contribution in [3.63, 3.8) is 0 Å². The average molecular weight is 209 g/mol. The van der Waals surface area contributed by atoms with Crippen LogP contribution in [0.2, 0.25) is 0 Å². The molecule has 0 atom stereocenters. The molecule has 0 unspecified atom stereocenters. The molecule has 0 spiro atoms. The molecule has 1 aliphatic heterocycles. The summed E-state index contributed by atoms with van der Waals surface area (Å²) in [5, 5.41) is 6.62. The van der Waals surface area contributed by atoms with Crippen molar-refractivity contribution < 1.29 is 9.53 Å². The summed E-state index contributed by atoms with van der Waals surface area (Å²) in [6, 6.07) is 0.270. The van der Waals surface area contributed by atoms with Crippen LogP contribution in [-0.2, 0) is 9.53 Å². The minimum atomic E-state index is -0.256. The highest BCUT2D eigenvalue weighted by Gasteiger charge is 2.23. The number of hydrogen-bond donors (Lipinski definition) is 2. The quantitative estimate of drug-likeness (QED) is 0.708. The van der Waals surface area contributed by atoms with Gasteiger partial charge in [-0.1, -0.05) is 19.3 Å². The van der Waals surface area contributed by atoms with Crippen molar-refractivity contribution in [2.45, 2.75) is 38.1 Å². The van der Waals surface area contributed by atoms with Gasteiger partial charge < -0.3 is 10.1 Å². The number of rotatable bonds is 2. The Morgan fingerprint density at radius 3 is 2.80 bits per heavy atom. The molecule has 15 heavy (non-hydrogen) atoms. The van der Waals surface area contributed by atoms with Crippen molar-refractivity contribution in [1.82, 2.24) is 10.7 Å². The maximum Gasteiger partial charge on any atom is 0.308 e. The first-order chi connectivity index (χ1) is 7.25. The zero-order valence-electron chi connectivity index (χ0n) is 8.58. The van der Waals surface area contributed by atoms with Crippen LogP contribution < -0.4 is 10.7 Å². The van der Waals surface area contributed by atoms with Crippen LogP contribution in [0.25, 0.3) is 0 Å². The fourth-order valence-corrected chi connectivity index (χ4v) is 1.87. The first-order valence-electron chi connectivity index (χ1n) is 5.27. The molecule has 2 rings (SSSR count). The summed E-state index contributed by atoms with van der Waals surface area (Å²) in [5.74, 6) is 0.0995. The van der Waals surface area contributed by atoms with Gasteiger partial charge in [0, 0.05) is 6.04 Å². The summed E-state index contributed by atoms with van der Waals surface area (Å²) in [4.78, 5) is 11.6. The lowest BCUT2D eigenvalue weighted by atomic mass is 9.95. The Morgan fingerprint density at radius 2 is 2.20 bits per heavy atom. The highest BCUT2D eigenvalue weighted by molar-refractivity contribution is 6.35. The van der Waals surface area contributed by atoms with E-state index < -0.39 is 0 Å². The molecule has 0 saturated heterocycles. The number of nitrogens with zero attached hydrogens (tertiary/aromatic N) is 1. The van der Waals surface area contributed by atoms with E-state index in [0.29, 0.717) is 5.88 Å². The van der Waals surface area contributed by atoms with Crippen LogP contribution in [0.4, 0.5) is 0 Å². The minimum absolute atomic E-state index is 0.0607. The Labute approximate surface area is 88.6 Å². The Kier molecular flexibility index (Phi) is 2.89. The molecule has 0 aromatic rings. The number of hydrogen-bond acceptors (Lipinski definition) is 4. The Hall–Kier alpha value is -1.52. The van der Waals surface area contributed by atoms with E-state index in [9.17, 15) is 4.79 Å². The van der Waals surface area contributed by atoms with Crippen LogP contribution in [0.15, 0.2) is 17.6 Å². The first-order valence-corrected chi connectivity index (χ1v) is 5.27. The zero-order valence-corrected chi connectivity index (χ0v) is 8.58. The van der Waals surface area contributed by atoms with E-state index in [0.717, 1.165) is 12.8 Å². The smallest absolute Gasteiger partial charge is 0.308 e. The van der Waals surface area contributed by atoms with E-state index >= 15 is 0 Å². The van der Waals surface area contributed by atoms with Gasteiger partial charge >= 0.3 is 11.8 Å². The molecule has 82 valence electrons. The second-order valence-corrected chi connectivity index (χ2v) is 3.86. The lowest BCUT2D eigenvalue weighted by Gasteiger charge is -2.22. The van der Waals surface area contributed by atoms with Crippen molar-refractivity contribution >= 4 is 11.8 Å². The molecule has 1 aliphatic carbocycles. The molecule has 2 aliphatic rings. The van der Waals surface area contributed by atoms with Crippen molar-refractivity contribution in [2.24, 2.45) is 5.10 Å². The molecular formula is C10H15N3O2. The number of amides is 1. The van der Waals surface area contributed by atoms with E-state index in [1.165, 1.54) is 19.3 Å². The maximum absolute atomic E-state index is 11.6. The zero-order chi connectivity index (χ0) is 10.7. The maximum atomic E-state index is 11.6. The van der Waals surface area contributed by atoms with Crippen LogP contribution >= 0.6 is 0 Å². The van der Waals surface area contributed by atoms with Gasteiger partial charge in [-0.2, -0.15) is 0 Å². The summed E-state index contributed by atoms with van der Waals surface area (Å²) in [7, 11) is 0. The lowest BCUT2D eigenvalue weighted by Crippen LogP contribution is -2.40. The van der Waals surface area contributed by atoms with Crippen molar-refractivity contribution in [2.75, 3.05) is 0 Å². The van der Waals surface area contributed by atoms with Gasteiger partial charge in [-0.05, 0) is 19.4 Å². The van der Waals surface area contributed by atoms with Gasteiger partial charge in [-0.15, -0.1) is 5.10 Å². The van der Waals surface area contributed by atoms with E-state index in [1.54, 1.807) is 0 Å². The topological polar surface area (TPSA) is 62.7 Å². The van der Waals surface area contributed by atoms with Crippen LogP contribution in [0.3, 0.4) is 0 Å². The number of ether oxygens (including phenoxy) is 1. The Bertz CT molecular complexity index is 306. The second-order valence-electron chi connectivity index (χ2n) is 3.86. The summed E-state index contributed by atoms with van der Waals surface area (Å²) in [6.07, 6.45) is 5.73. The molecule has 5 heteroatoms.